The molecule has 0 atom stereocenters. The molecule has 1 aromatic carbocycles. The monoisotopic (exact) mass is 337 g/mol. The molecule has 0 aliphatic heterocycles. The highest BCUT2D eigenvalue weighted by Gasteiger charge is 2.37. The first-order chi connectivity index (χ1) is 10.6. The second kappa shape index (κ2) is 6.03. The third-order valence-electron chi connectivity index (χ3n) is 2.72. The molecule has 0 unspecified atom stereocenters. The Hall–Kier alpha value is -2.36. The first-order valence-corrected chi connectivity index (χ1v) is 6.10. The zero-order valence-corrected chi connectivity index (χ0v) is 11.2. The number of rotatable bonds is 3. The fraction of sp³-hybridized carbons (Fsp3) is 0.231. The Balaban J connectivity index is 2.53. The minimum atomic E-state index is -4.94. The van der Waals surface area contributed by atoms with Crippen LogP contribution in [0.3, 0.4) is 0 Å². The Labute approximate surface area is 125 Å². The lowest BCUT2D eigenvalue weighted by Gasteiger charge is -2.13. The summed E-state index contributed by atoms with van der Waals surface area (Å²) in [5.41, 5.74) is -3.29. The van der Waals surface area contributed by atoms with E-state index in [1.54, 1.807) is 0 Å². The van der Waals surface area contributed by atoms with Gasteiger partial charge in [-0.15, -0.1) is 5.10 Å². The molecule has 1 aromatic heterocycles. The van der Waals surface area contributed by atoms with Crippen LogP contribution >= 0.6 is 0 Å². The van der Waals surface area contributed by atoms with Gasteiger partial charge < -0.3 is 5.11 Å². The number of hydrogen-bond donors (Lipinski definition) is 1. The molecule has 0 radical (unpaired) electrons. The third kappa shape index (κ3) is 4.09. The summed E-state index contributed by atoms with van der Waals surface area (Å²) < 4.78 is 77.7. The molecule has 10 heteroatoms. The van der Waals surface area contributed by atoms with Crippen LogP contribution in [0.5, 0.6) is 0 Å². The van der Waals surface area contributed by atoms with Gasteiger partial charge in [-0.2, -0.15) is 26.3 Å². The summed E-state index contributed by atoms with van der Waals surface area (Å²) in [6, 6.07) is 1.13. The van der Waals surface area contributed by atoms with E-state index in [4.69, 9.17) is 5.11 Å². The average Bonchev–Trinajstić information content (AvgIpc) is 2.91. The van der Waals surface area contributed by atoms with E-state index < -0.39 is 29.0 Å². The van der Waals surface area contributed by atoms with Gasteiger partial charge in [0, 0.05) is 11.8 Å². The highest BCUT2D eigenvalue weighted by Crippen LogP contribution is 2.37. The van der Waals surface area contributed by atoms with Crippen molar-refractivity contribution in [2.45, 2.75) is 12.4 Å². The number of nitrogens with zero attached hydrogens (tertiary/aromatic N) is 3. The third-order valence-corrected chi connectivity index (χ3v) is 2.72. The Bertz CT molecular complexity index is 685. The van der Waals surface area contributed by atoms with E-state index in [-0.39, 0.29) is 18.5 Å². The van der Waals surface area contributed by atoms with Crippen molar-refractivity contribution < 1.29 is 31.4 Å². The molecule has 1 N–H and O–H groups in total. The lowest BCUT2D eigenvalue weighted by Crippen LogP contribution is -2.11. The van der Waals surface area contributed by atoms with Crippen molar-refractivity contribution in [3.63, 3.8) is 0 Å². The van der Waals surface area contributed by atoms with Gasteiger partial charge in [0.15, 0.2) is 5.82 Å². The fourth-order valence-electron chi connectivity index (χ4n) is 1.72. The van der Waals surface area contributed by atoms with E-state index in [0.717, 1.165) is 11.0 Å². The molecule has 0 amide bonds. The molecule has 124 valence electrons. The molecular weight excluding hydrogens is 328 g/mol. The molecule has 0 spiro atoms. The van der Waals surface area contributed by atoms with Crippen LogP contribution in [0.4, 0.5) is 26.3 Å². The van der Waals surface area contributed by atoms with E-state index in [9.17, 15) is 26.3 Å². The number of alkyl halides is 6. The first-order valence-electron chi connectivity index (χ1n) is 6.10. The molecular formula is C13H9F6N3O. The van der Waals surface area contributed by atoms with E-state index in [2.05, 4.69) is 10.1 Å². The quantitative estimate of drug-likeness (QED) is 0.873. The average molecular weight is 337 g/mol. The largest absolute Gasteiger partial charge is 0.416 e. The summed E-state index contributed by atoms with van der Waals surface area (Å²) in [6.45, 7) is -0.309. The standard InChI is InChI=1S/C13H9F6N3O/c14-12(15,16)9-4-8(5-10(6-9)13(17,18)19)11-20-7-22(21-11)2-1-3-23/h1-2,4-7,23H,3H2/b2-1-. The normalized spacial score (nSPS) is 13.0. The first kappa shape index (κ1) is 17.0. The lowest BCUT2D eigenvalue weighted by molar-refractivity contribution is -0.143. The van der Waals surface area contributed by atoms with Crippen molar-refractivity contribution in [2.24, 2.45) is 0 Å². The van der Waals surface area contributed by atoms with Crippen LogP contribution < -0.4 is 0 Å². The Morgan fingerprint density at radius 1 is 1.00 bits per heavy atom. The second-order valence-electron chi connectivity index (χ2n) is 4.41. The van der Waals surface area contributed by atoms with Crippen LogP contribution in [0.25, 0.3) is 17.6 Å². The highest BCUT2D eigenvalue weighted by molar-refractivity contribution is 5.58. The van der Waals surface area contributed by atoms with Gasteiger partial charge >= 0.3 is 12.4 Å². The number of aliphatic hydroxyl groups excluding tert-OH is 1. The van der Waals surface area contributed by atoms with E-state index in [1.165, 1.54) is 12.3 Å². The zero-order chi connectivity index (χ0) is 17.3. The van der Waals surface area contributed by atoms with Crippen LogP contribution in [0.15, 0.2) is 30.6 Å². The minimum absolute atomic E-state index is 0.0339. The van der Waals surface area contributed by atoms with Crippen molar-refractivity contribution >= 4 is 6.20 Å². The van der Waals surface area contributed by atoms with Crippen LogP contribution in [0.2, 0.25) is 0 Å². The Morgan fingerprint density at radius 2 is 1.57 bits per heavy atom. The Kier molecular flexibility index (Phi) is 4.46. The van der Waals surface area contributed by atoms with Gasteiger partial charge in [0.1, 0.15) is 6.33 Å². The molecule has 0 bridgehead atoms. The van der Waals surface area contributed by atoms with Crippen molar-refractivity contribution in [3.05, 3.63) is 41.7 Å². The minimum Gasteiger partial charge on any atom is -0.392 e. The smallest absolute Gasteiger partial charge is 0.392 e. The van der Waals surface area contributed by atoms with Gasteiger partial charge in [-0.05, 0) is 24.3 Å². The molecule has 2 rings (SSSR count). The van der Waals surface area contributed by atoms with Crippen LogP contribution in [-0.4, -0.2) is 26.5 Å². The van der Waals surface area contributed by atoms with Crippen molar-refractivity contribution in [1.82, 2.24) is 14.8 Å². The maximum absolute atomic E-state index is 12.8. The predicted octanol–water partition coefficient (Wildman–Crippen LogP) is 3.45. The highest BCUT2D eigenvalue weighted by atomic mass is 19.4. The summed E-state index contributed by atoms with van der Waals surface area (Å²) >= 11 is 0. The topological polar surface area (TPSA) is 50.9 Å². The number of benzene rings is 1. The summed E-state index contributed by atoms with van der Waals surface area (Å²) in [5.74, 6) is -0.302. The number of aromatic nitrogens is 3. The predicted molar refractivity (Wildman–Crippen MR) is 67.9 cm³/mol. The van der Waals surface area contributed by atoms with Gasteiger partial charge in [-0.1, -0.05) is 0 Å². The van der Waals surface area contributed by atoms with Gasteiger partial charge in [-0.3, -0.25) is 0 Å². The summed E-state index contributed by atoms with van der Waals surface area (Å²) in [6.07, 6.45) is -6.25. The number of halogens is 6. The molecule has 23 heavy (non-hydrogen) atoms. The van der Waals surface area contributed by atoms with Crippen molar-refractivity contribution in [1.29, 1.82) is 0 Å². The molecule has 1 heterocycles. The van der Waals surface area contributed by atoms with Gasteiger partial charge in [0.25, 0.3) is 0 Å². The van der Waals surface area contributed by atoms with Gasteiger partial charge in [0.05, 0.1) is 17.7 Å². The second-order valence-corrected chi connectivity index (χ2v) is 4.41. The Morgan fingerprint density at radius 3 is 2.04 bits per heavy atom. The van der Waals surface area contributed by atoms with Gasteiger partial charge in [0.2, 0.25) is 0 Å². The molecule has 0 saturated carbocycles. The fourth-order valence-corrected chi connectivity index (χ4v) is 1.72. The SMILES string of the molecule is OC/C=C\n1cnc(-c2cc(C(F)(F)F)cc(C(F)(F)F)c2)n1. The maximum atomic E-state index is 12.8. The van der Waals surface area contributed by atoms with Crippen LogP contribution in [0.1, 0.15) is 11.1 Å². The molecule has 0 aliphatic carbocycles. The summed E-state index contributed by atoms with van der Waals surface area (Å²) in [5, 5.41) is 12.3. The van der Waals surface area contributed by atoms with E-state index in [0.29, 0.717) is 12.1 Å². The molecule has 0 saturated heterocycles. The van der Waals surface area contributed by atoms with Gasteiger partial charge in [-0.25, -0.2) is 9.67 Å². The molecule has 0 aliphatic rings. The van der Waals surface area contributed by atoms with Crippen molar-refractivity contribution in [3.8, 4) is 11.4 Å². The molecule has 4 nitrogen and oxygen atoms in total. The maximum Gasteiger partial charge on any atom is 0.416 e. The number of aliphatic hydroxyl groups is 1. The number of hydrogen-bond acceptors (Lipinski definition) is 3. The molecule has 0 fully saturated rings. The van der Waals surface area contributed by atoms with Crippen LogP contribution in [-0.2, 0) is 12.4 Å². The van der Waals surface area contributed by atoms with E-state index >= 15 is 0 Å². The zero-order valence-electron chi connectivity index (χ0n) is 11.2. The van der Waals surface area contributed by atoms with Crippen molar-refractivity contribution in [2.75, 3.05) is 6.61 Å². The van der Waals surface area contributed by atoms with Crippen LogP contribution in [0, 0.1) is 0 Å². The lowest BCUT2D eigenvalue weighted by atomic mass is 10.0. The van der Waals surface area contributed by atoms with E-state index in [1.807, 2.05) is 0 Å². The summed E-state index contributed by atoms with van der Waals surface area (Å²) in [7, 11) is 0. The summed E-state index contributed by atoms with van der Waals surface area (Å²) in [4.78, 5) is 3.67. The molecule has 2 aromatic rings.